The van der Waals surface area contributed by atoms with Crippen molar-refractivity contribution in [2.45, 2.75) is 83.7 Å². The van der Waals surface area contributed by atoms with Crippen molar-refractivity contribution < 1.29 is 9.53 Å². The van der Waals surface area contributed by atoms with E-state index in [0.717, 1.165) is 6.42 Å². The molecule has 0 fully saturated rings. The molecule has 0 amide bonds. The van der Waals surface area contributed by atoms with Crippen molar-refractivity contribution in [1.29, 1.82) is 0 Å². The van der Waals surface area contributed by atoms with E-state index in [1.807, 2.05) is 6.08 Å². The highest BCUT2D eigenvalue weighted by Gasteiger charge is 2.15. The van der Waals surface area contributed by atoms with E-state index in [1.165, 1.54) is 64.2 Å². The molecule has 1 heterocycles. The van der Waals surface area contributed by atoms with Gasteiger partial charge in [0, 0.05) is 6.08 Å². The van der Waals surface area contributed by atoms with Crippen molar-refractivity contribution in [3.8, 4) is 0 Å². The van der Waals surface area contributed by atoms with Gasteiger partial charge in [-0.3, -0.25) is 0 Å². The average Bonchev–Trinajstić information content (AvgIpc) is 2.77. The summed E-state index contributed by atoms with van der Waals surface area (Å²) in [4.78, 5) is 10.8. The zero-order valence-corrected chi connectivity index (χ0v) is 11.8. The molecule has 0 radical (unpaired) electrons. The second-order valence-corrected chi connectivity index (χ2v) is 5.31. The molecule has 2 heteroatoms. The molecule has 2 nitrogen and oxygen atoms in total. The number of esters is 1. The van der Waals surface area contributed by atoms with Gasteiger partial charge >= 0.3 is 5.97 Å². The van der Waals surface area contributed by atoms with Gasteiger partial charge in [-0.15, -0.1) is 0 Å². The van der Waals surface area contributed by atoms with Gasteiger partial charge in [0.25, 0.3) is 0 Å². The minimum atomic E-state index is -0.174. The number of hydrogen-bond donors (Lipinski definition) is 0. The summed E-state index contributed by atoms with van der Waals surface area (Å²) in [6, 6.07) is 0. The molecule has 0 spiro atoms. The molecule has 0 aromatic heterocycles. The fraction of sp³-hybridized carbons (Fsp3) is 0.812. The first kappa shape index (κ1) is 15.3. The van der Waals surface area contributed by atoms with Crippen LogP contribution in [0.5, 0.6) is 0 Å². The Morgan fingerprint density at radius 1 is 0.944 bits per heavy atom. The Morgan fingerprint density at radius 3 is 2.00 bits per heavy atom. The Kier molecular flexibility index (Phi) is 8.62. The first-order valence-electron chi connectivity index (χ1n) is 7.71. The van der Waals surface area contributed by atoms with E-state index in [0.29, 0.717) is 0 Å². The molecule has 104 valence electrons. The normalized spacial score (nSPS) is 18.3. The molecule has 0 saturated heterocycles. The smallest absolute Gasteiger partial charge is 0.331 e. The molecule has 0 saturated carbocycles. The van der Waals surface area contributed by atoms with E-state index in [2.05, 4.69) is 6.92 Å². The van der Waals surface area contributed by atoms with Crippen molar-refractivity contribution in [3.05, 3.63) is 12.2 Å². The Bertz CT molecular complexity index is 245. The standard InChI is InChI=1S/C16H28O2/c1-2-3-4-5-6-7-8-9-10-11-12-15-13-14-16(17)18-15/h13-15H,2-12H2,1H3. The van der Waals surface area contributed by atoms with Gasteiger partial charge in [-0.1, -0.05) is 64.7 Å². The van der Waals surface area contributed by atoms with Crippen LogP contribution in [0.1, 0.15) is 77.6 Å². The highest BCUT2D eigenvalue weighted by molar-refractivity contribution is 5.84. The van der Waals surface area contributed by atoms with Crippen LogP contribution in [0.2, 0.25) is 0 Å². The van der Waals surface area contributed by atoms with E-state index >= 15 is 0 Å². The summed E-state index contributed by atoms with van der Waals surface area (Å²) in [5.41, 5.74) is 0. The highest BCUT2D eigenvalue weighted by Crippen LogP contribution is 2.15. The number of rotatable bonds is 11. The molecule has 0 aliphatic carbocycles. The SMILES string of the molecule is CCCCCCCCCCCCC1C=CC(=O)O1. The minimum absolute atomic E-state index is 0.0616. The maximum atomic E-state index is 10.8. The van der Waals surface area contributed by atoms with E-state index in [4.69, 9.17) is 4.74 Å². The van der Waals surface area contributed by atoms with Crippen molar-refractivity contribution >= 4 is 5.97 Å². The number of carbonyl (C=O) groups is 1. The summed E-state index contributed by atoms with van der Waals surface area (Å²) in [6.45, 7) is 2.26. The quantitative estimate of drug-likeness (QED) is 0.391. The van der Waals surface area contributed by atoms with Crippen molar-refractivity contribution in [1.82, 2.24) is 0 Å². The number of cyclic esters (lactones) is 1. The van der Waals surface area contributed by atoms with Gasteiger partial charge in [-0.25, -0.2) is 4.79 Å². The third-order valence-electron chi connectivity index (χ3n) is 3.56. The van der Waals surface area contributed by atoms with Gasteiger partial charge in [0.15, 0.2) is 0 Å². The van der Waals surface area contributed by atoms with Crippen LogP contribution in [0.4, 0.5) is 0 Å². The van der Waals surface area contributed by atoms with Crippen LogP contribution in [0, 0.1) is 0 Å². The predicted octanol–water partition coefficient (Wildman–Crippen LogP) is 4.78. The molecule has 0 N–H and O–H groups in total. The molecule has 0 aromatic rings. The molecule has 0 bridgehead atoms. The fourth-order valence-corrected chi connectivity index (χ4v) is 2.40. The zero-order chi connectivity index (χ0) is 13.1. The van der Waals surface area contributed by atoms with Gasteiger partial charge in [0.1, 0.15) is 6.10 Å². The maximum absolute atomic E-state index is 10.8. The monoisotopic (exact) mass is 252 g/mol. The average molecular weight is 252 g/mol. The molecule has 1 unspecified atom stereocenters. The molecule has 18 heavy (non-hydrogen) atoms. The summed E-state index contributed by atoms with van der Waals surface area (Å²) in [7, 11) is 0. The van der Waals surface area contributed by atoms with E-state index in [1.54, 1.807) is 6.08 Å². The Labute approximate surface area is 112 Å². The largest absolute Gasteiger partial charge is 0.455 e. The summed E-state index contributed by atoms with van der Waals surface area (Å²) < 4.78 is 5.09. The van der Waals surface area contributed by atoms with Crippen LogP contribution < -0.4 is 0 Å². The Hall–Kier alpha value is -0.790. The molecule has 1 rings (SSSR count). The summed E-state index contributed by atoms with van der Waals surface area (Å²) in [6.07, 6.45) is 18.0. The topological polar surface area (TPSA) is 26.3 Å². The lowest BCUT2D eigenvalue weighted by molar-refractivity contribution is -0.138. The van der Waals surface area contributed by atoms with Crippen LogP contribution in [0.3, 0.4) is 0 Å². The summed E-state index contributed by atoms with van der Waals surface area (Å²) in [5.74, 6) is -0.174. The molecule has 1 aliphatic heterocycles. The Morgan fingerprint density at radius 2 is 1.50 bits per heavy atom. The van der Waals surface area contributed by atoms with Crippen molar-refractivity contribution in [3.63, 3.8) is 0 Å². The summed E-state index contributed by atoms with van der Waals surface area (Å²) >= 11 is 0. The number of hydrogen-bond acceptors (Lipinski definition) is 2. The van der Waals surface area contributed by atoms with E-state index < -0.39 is 0 Å². The van der Waals surface area contributed by atoms with E-state index in [-0.39, 0.29) is 12.1 Å². The van der Waals surface area contributed by atoms with E-state index in [9.17, 15) is 4.79 Å². The highest BCUT2D eigenvalue weighted by atomic mass is 16.5. The van der Waals surface area contributed by atoms with Crippen molar-refractivity contribution in [2.75, 3.05) is 0 Å². The second kappa shape index (κ2) is 10.2. The third kappa shape index (κ3) is 7.52. The Balaban J connectivity index is 1.76. The second-order valence-electron chi connectivity index (χ2n) is 5.31. The van der Waals surface area contributed by atoms with Crippen LogP contribution in [0.15, 0.2) is 12.2 Å². The van der Waals surface area contributed by atoms with Gasteiger partial charge in [0.2, 0.25) is 0 Å². The molecular formula is C16H28O2. The predicted molar refractivity (Wildman–Crippen MR) is 75.5 cm³/mol. The number of ether oxygens (including phenoxy) is 1. The number of unbranched alkanes of at least 4 members (excludes halogenated alkanes) is 9. The molecule has 1 atom stereocenters. The van der Waals surface area contributed by atoms with Crippen LogP contribution >= 0.6 is 0 Å². The van der Waals surface area contributed by atoms with Gasteiger partial charge in [0.05, 0.1) is 0 Å². The zero-order valence-electron chi connectivity index (χ0n) is 11.8. The maximum Gasteiger partial charge on any atom is 0.331 e. The lowest BCUT2D eigenvalue weighted by atomic mass is 10.0. The minimum Gasteiger partial charge on any atom is -0.455 e. The van der Waals surface area contributed by atoms with Crippen molar-refractivity contribution in [2.24, 2.45) is 0 Å². The van der Waals surface area contributed by atoms with Crippen LogP contribution in [-0.4, -0.2) is 12.1 Å². The number of carbonyl (C=O) groups excluding carboxylic acids is 1. The lowest BCUT2D eigenvalue weighted by Crippen LogP contribution is -2.06. The third-order valence-corrected chi connectivity index (χ3v) is 3.56. The first-order valence-corrected chi connectivity index (χ1v) is 7.71. The van der Waals surface area contributed by atoms with Crippen LogP contribution in [-0.2, 0) is 9.53 Å². The molecular weight excluding hydrogens is 224 g/mol. The molecule has 0 aromatic carbocycles. The first-order chi connectivity index (χ1) is 8.83. The van der Waals surface area contributed by atoms with Gasteiger partial charge < -0.3 is 4.74 Å². The summed E-state index contributed by atoms with van der Waals surface area (Å²) in [5, 5.41) is 0. The van der Waals surface area contributed by atoms with Gasteiger partial charge in [-0.2, -0.15) is 0 Å². The fourth-order valence-electron chi connectivity index (χ4n) is 2.40. The lowest BCUT2D eigenvalue weighted by Gasteiger charge is -2.07. The van der Waals surface area contributed by atoms with Crippen LogP contribution in [0.25, 0.3) is 0 Å². The molecule has 1 aliphatic rings. The van der Waals surface area contributed by atoms with Gasteiger partial charge in [-0.05, 0) is 18.9 Å².